The lowest BCUT2D eigenvalue weighted by molar-refractivity contribution is 0.542. The van der Waals surface area contributed by atoms with E-state index >= 15 is 0 Å². The van der Waals surface area contributed by atoms with Gasteiger partial charge in [0.1, 0.15) is 5.76 Å². The Balaban J connectivity index is 2.01. The van der Waals surface area contributed by atoms with E-state index in [1.165, 1.54) is 0 Å². The van der Waals surface area contributed by atoms with Gasteiger partial charge in [0.15, 0.2) is 0 Å². The van der Waals surface area contributed by atoms with Crippen LogP contribution in [0, 0.1) is 13.8 Å². The van der Waals surface area contributed by atoms with Crippen molar-refractivity contribution in [3.63, 3.8) is 0 Å². The number of oxazole rings is 1. The van der Waals surface area contributed by atoms with Gasteiger partial charge in [0.25, 0.3) is 0 Å². The topological polar surface area (TPSA) is 51.5 Å². The van der Waals surface area contributed by atoms with Gasteiger partial charge in [0.2, 0.25) is 5.89 Å². The molecule has 3 aromatic rings. The Morgan fingerprint density at radius 2 is 2.05 bits per heavy atom. The highest BCUT2D eigenvalue weighted by Gasteiger charge is 2.08. The summed E-state index contributed by atoms with van der Waals surface area (Å²) in [5.74, 6) is 1.41. The summed E-state index contributed by atoms with van der Waals surface area (Å²) in [6.07, 6.45) is 5.05. The Labute approximate surface area is 123 Å². The minimum Gasteiger partial charge on any atom is -0.472 e. The molecular formula is C17H16N2O2. The third kappa shape index (κ3) is 2.79. The quantitative estimate of drug-likeness (QED) is 0.654. The molecule has 0 N–H and O–H groups in total. The van der Waals surface area contributed by atoms with Crippen LogP contribution in [0.25, 0.3) is 11.5 Å². The van der Waals surface area contributed by atoms with Crippen LogP contribution < -0.4 is 0 Å². The van der Waals surface area contributed by atoms with Crippen LogP contribution in [0.2, 0.25) is 0 Å². The van der Waals surface area contributed by atoms with E-state index in [0.717, 1.165) is 33.8 Å². The summed E-state index contributed by atoms with van der Waals surface area (Å²) in [5.41, 5.74) is 4.82. The summed E-state index contributed by atoms with van der Waals surface area (Å²) in [6, 6.07) is 7.91. The summed E-state index contributed by atoms with van der Waals surface area (Å²) in [6.45, 7) is 5.88. The molecule has 0 saturated heterocycles. The van der Waals surface area contributed by atoms with E-state index < -0.39 is 0 Å². The molecule has 4 nitrogen and oxygen atoms in total. The van der Waals surface area contributed by atoms with Crippen molar-refractivity contribution < 1.29 is 8.83 Å². The largest absolute Gasteiger partial charge is 0.472 e. The van der Waals surface area contributed by atoms with Gasteiger partial charge in [-0.15, -0.1) is 0 Å². The first-order valence-corrected chi connectivity index (χ1v) is 6.75. The normalized spacial score (nSPS) is 11.9. The fraction of sp³-hybridized carbons (Fsp3) is 0.176. The van der Waals surface area contributed by atoms with E-state index in [4.69, 9.17) is 8.83 Å². The van der Waals surface area contributed by atoms with Crippen molar-refractivity contribution in [3.8, 4) is 11.5 Å². The zero-order valence-electron chi connectivity index (χ0n) is 12.3. The highest BCUT2D eigenvalue weighted by Crippen LogP contribution is 2.27. The molecule has 1 aromatic carbocycles. The Kier molecular flexibility index (Phi) is 3.44. The lowest BCUT2D eigenvalue weighted by Gasteiger charge is -2.04. The van der Waals surface area contributed by atoms with Crippen LogP contribution in [0.4, 0.5) is 5.69 Å². The van der Waals surface area contributed by atoms with Gasteiger partial charge >= 0.3 is 0 Å². The average Bonchev–Trinajstić information content (AvgIpc) is 3.12. The minimum absolute atomic E-state index is 0.616. The molecule has 0 aliphatic rings. The molecule has 0 atom stereocenters. The maximum atomic E-state index is 5.57. The maximum Gasteiger partial charge on any atom is 0.226 e. The van der Waals surface area contributed by atoms with E-state index in [9.17, 15) is 0 Å². The molecule has 3 rings (SSSR count). The van der Waals surface area contributed by atoms with Crippen LogP contribution in [0.1, 0.15) is 23.8 Å². The van der Waals surface area contributed by atoms with Crippen LogP contribution in [0.5, 0.6) is 0 Å². The molecule has 2 aromatic heterocycles. The third-order valence-corrected chi connectivity index (χ3v) is 3.30. The molecule has 0 aliphatic heterocycles. The van der Waals surface area contributed by atoms with E-state index in [1.54, 1.807) is 18.7 Å². The summed E-state index contributed by atoms with van der Waals surface area (Å²) in [7, 11) is 0. The molecule has 106 valence electrons. The van der Waals surface area contributed by atoms with Crippen LogP contribution in [0.3, 0.4) is 0 Å². The van der Waals surface area contributed by atoms with Crippen LogP contribution in [0.15, 0.2) is 56.8 Å². The second-order valence-corrected chi connectivity index (χ2v) is 4.99. The SMILES string of the molecule is CC(=Nc1cc(-c2ncc(C)o2)ccc1C)c1ccoc1. The number of aliphatic imine (C=N–C) groups is 1. The van der Waals surface area contributed by atoms with Crippen molar-refractivity contribution in [2.45, 2.75) is 20.8 Å². The number of aryl methyl sites for hydroxylation is 2. The smallest absolute Gasteiger partial charge is 0.226 e. The Morgan fingerprint density at radius 1 is 1.19 bits per heavy atom. The van der Waals surface area contributed by atoms with E-state index in [-0.39, 0.29) is 0 Å². The molecule has 0 bridgehead atoms. The summed E-state index contributed by atoms with van der Waals surface area (Å²) in [4.78, 5) is 8.94. The van der Waals surface area contributed by atoms with Crippen LogP contribution >= 0.6 is 0 Å². The number of rotatable bonds is 3. The fourth-order valence-electron chi connectivity index (χ4n) is 2.07. The molecule has 0 amide bonds. The first-order chi connectivity index (χ1) is 10.1. The van der Waals surface area contributed by atoms with Crippen LogP contribution in [-0.2, 0) is 0 Å². The first kappa shape index (κ1) is 13.4. The van der Waals surface area contributed by atoms with Gasteiger partial charge in [-0.1, -0.05) is 6.07 Å². The number of furan rings is 1. The van der Waals surface area contributed by atoms with Crippen molar-refractivity contribution >= 4 is 11.4 Å². The summed E-state index contributed by atoms with van der Waals surface area (Å²) in [5, 5.41) is 0. The van der Waals surface area contributed by atoms with Gasteiger partial charge < -0.3 is 8.83 Å². The first-order valence-electron chi connectivity index (χ1n) is 6.75. The number of hydrogen-bond acceptors (Lipinski definition) is 4. The Hall–Kier alpha value is -2.62. The molecule has 0 unspecified atom stereocenters. The number of benzene rings is 1. The van der Waals surface area contributed by atoms with Crippen molar-refractivity contribution in [3.05, 3.63) is 59.9 Å². The predicted molar refractivity (Wildman–Crippen MR) is 82.0 cm³/mol. The summed E-state index contributed by atoms with van der Waals surface area (Å²) >= 11 is 0. The molecule has 0 aliphatic carbocycles. The highest BCUT2D eigenvalue weighted by atomic mass is 16.4. The van der Waals surface area contributed by atoms with Gasteiger partial charge in [-0.3, -0.25) is 4.99 Å². The van der Waals surface area contributed by atoms with E-state index in [0.29, 0.717) is 5.89 Å². The molecule has 0 radical (unpaired) electrons. The molecule has 2 heterocycles. The standard InChI is InChI=1S/C17H16N2O2/c1-11-4-5-14(17-18-9-12(2)21-17)8-16(11)19-13(3)15-6-7-20-10-15/h4-10H,1-3H3. The zero-order chi connectivity index (χ0) is 14.8. The fourth-order valence-corrected chi connectivity index (χ4v) is 2.07. The Bertz CT molecular complexity index is 783. The van der Waals surface area contributed by atoms with Crippen molar-refractivity contribution in [1.82, 2.24) is 4.98 Å². The van der Waals surface area contributed by atoms with Gasteiger partial charge in [-0.25, -0.2) is 4.98 Å². The van der Waals surface area contributed by atoms with Gasteiger partial charge in [0.05, 0.1) is 24.4 Å². The van der Waals surface area contributed by atoms with Gasteiger partial charge in [-0.05, 0) is 44.5 Å². The van der Waals surface area contributed by atoms with Crippen molar-refractivity contribution in [2.24, 2.45) is 4.99 Å². The summed E-state index contributed by atoms with van der Waals surface area (Å²) < 4.78 is 10.7. The molecule has 0 saturated carbocycles. The molecule has 0 fully saturated rings. The van der Waals surface area contributed by atoms with Crippen molar-refractivity contribution in [1.29, 1.82) is 0 Å². The van der Waals surface area contributed by atoms with Gasteiger partial charge in [-0.2, -0.15) is 0 Å². The second kappa shape index (κ2) is 5.40. The molecule has 21 heavy (non-hydrogen) atoms. The van der Waals surface area contributed by atoms with Crippen molar-refractivity contribution in [2.75, 3.05) is 0 Å². The number of hydrogen-bond donors (Lipinski definition) is 0. The minimum atomic E-state index is 0.616. The molecule has 4 heteroatoms. The number of nitrogens with zero attached hydrogens (tertiary/aromatic N) is 2. The molecule has 0 spiro atoms. The highest BCUT2D eigenvalue weighted by molar-refractivity contribution is 6.00. The second-order valence-electron chi connectivity index (χ2n) is 4.99. The number of aromatic nitrogens is 1. The average molecular weight is 280 g/mol. The maximum absolute atomic E-state index is 5.57. The predicted octanol–water partition coefficient (Wildman–Crippen LogP) is 4.69. The zero-order valence-corrected chi connectivity index (χ0v) is 12.3. The Morgan fingerprint density at radius 3 is 2.71 bits per heavy atom. The van der Waals surface area contributed by atoms with E-state index in [2.05, 4.69) is 9.98 Å². The van der Waals surface area contributed by atoms with E-state index in [1.807, 2.05) is 45.0 Å². The van der Waals surface area contributed by atoms with Crippen LogP contribution in [-0.4, -0.2) is 10.7 Å². The molecular weight excluding hydrogens is 264 g/mol. The lowest BCUT2D eigenvalue weighted by atomic mass is 10.1. The van der Waals surface area contributed by atoms with Gasteiger partial charge in [0, 0.05) is 16.8 Å². The monoisotopic (exact) mass is 280 g/mol. The lowest BCUT2D eigenvalue weighted by Crippen LogP contribution is -1.91. The third-order valence-electron chi connectivity index (χ3n) is 3.30.